The zero-order chi connectivity index (χ0) is 12.4. The van der Waals surface area contributed by atoms with Crippen LogP contribution in [-0.4, -0.2) is 27.6 Å². The van der Waals surface area contributed by atoms with Gasteiger partial charge in [0.2, 0.25) is 0 Å². The summed E-state index contributed by atoms with van der Waals surface area (Å²) in [6, 6.07) is 1.55. The summed E-state index contributed by atoms with van der Waals surface area (Å²) in [5.74, 6) is -1.02. The number of hydrogen-bond acceptors (Lipinski definition) is 4. The highest BCUT2D eigenvalue weighted by Crippen LogP contribution is 2.23. The minimum atomic E-state index is -1.02. The fourth-order valence-electron chi connectivity index (χ4n) is 1.65. The Morgan fingerprint density at radius 2 is 2.35 bits per heavy atom. The summed E-state index contributed by atoms with van der Waals surface area (Å²) >= 11 is 0. The van der Waals surface area contributed by atoms with Crippen LogP contribution in [-0.2, 0) is 0 Å². The van der Waals surface area contributed by atoms with Gasteiger partial charge in [0.05, 0.1) is 5.56 Å². The number of fused-ring (bicyclic) bond motifs is 1. The average molecular weight is 232 g/mol. The van der Waals surface area contributed by atoms with Crippen LogP contribution in [0.4, 0.5) is 0 Å². The van der Waals surface area contributed by atoms with E-state index >= 15 is 0 Å². The second-order valence-corrected chi connectivity index (χ2v) is 3.52. The first-order valence-electron chi connectivity index (χ1n) is 4.99. The molecule has 6 heteroatoms. The van der Waals surface area contributed by atoms with E-state index in [2.05, 4.69) is 9.97 Å². The van der Waals surface area contributed by atoms with Crippen molar-refractivity contribution in [1.29, 1.82) is 0 Å². The number of hydrogen-bond donors (Lipinski definition) is 4. The number of carbonyl (C=O) groups is 1. The van der Waals surface area contributed by atoms with Crippen molar-refractivity contribution in [3.05, 3.63) is 35.8 Å². The van der Waals surface area contributed by atoms with Crippen molar-refractivity contribution < 1.29 is 9.90 Å². The van der Waals surface area contributed by atoms with Gasteiger partial charge in [0.15, 0.2) is 0 Å². The number of aromatic amines is 1. The molecule has 17 heavy (non-hydrogen) atoms. The number of H-pyrrole nitrogens is 1. The number of carboxylic acid groups (broad SMARTS) is 1. The Balaban J connectivity index is 2.65. The molecular weight excluding hydrogens is 220 g/mol. The van der Waals surface area contributed by atoms with E-state index in [4.69, 9.17) is 16.6 Å². The van der Waals surface area contributed by atoms with E-state index < -0.39 is 5.97 Å². The Morgan fingerprint density at radius 1 is 1.59 bits per heavy atom. The summed E-state index contributed by atoms with van der Waals surface area (Å²) in [6.45, 7) is 0.279. The molecule has 2 aromatic rings. The van der Waals surface area contributed by atoms with E-state index in [-0.39, 0.29) is 12.1 Å². The molecule has 0 spiro atoms. The molecule has 0 aliphatic rings. The van der Waals surface area contributed by atoms with E-state index in [0.717, 1.165) is 11.1 Å². The Bertz CT molecular complexity index is 601. The van der Waals surface area contributed by atoms with Crippen LogP contribution in [0.1, 0.15) is 15.9 Å². The minimum Gasteiger partial charge on any atom is -0.478 e. The number of nitrogens with zero attached hydrogens (tertiary/aromatic N) is 1. The molecule has 0 aliphatic heterocycles. The summed E-state index contributed by atoms with van der Waals surface area (Å²) in [5, 5.41) is 9.61. The molecule has 0 unspecified atom stereocenters. The van der Waals surface area contributed by atoms with Crippen molar-refractivity contribution in [2.45, 2.75) is 0 Å². The van der Waals surface area contributed by atoms with Gasteiger partial charge in [-0.2, -0.15) is 0 Å². The normalized spacial score (nSPS) is 11.9. The molecule has 6 nitrogen and oxygen atoms in total. The number of aromatic carboxylic acids is 1. The number of aromatic nitrogens is 2. The monoisotopic (exact) mass is 232 g/mol. The predicted octanol–water partition coefficient (Wildman–Crippen LogP) is 0.519. The van der Waals surface area contributed by atoms with Gasteiger partial charge in [-0.15, -0.1) is 0 Å². The Kier molecular flexibility index (Phi) is 2.80. The lowest BCUT2D eigenvalue weighted by Gasteiger charge is -2.01. The van der Waals surface area contributed by atoms with Gasteiger partial charge in [-0.05, 0) is 17.8 Å². The molecule has 0 atom stereocenters. The molecule has 0 bridgehead atoms. The van der Waals surface area contributed by atoms with Crippen molar-refractivity contribution in [2.75, 3.05) is 6.54 Å². The highest BCUT2D eigenvalue weighted by molar-refractivity contribution is 5.96. The van der Waals surface area contributed by atoms with Gasteiger partial charge < -0.3 is 21.6 Å². The third-order valence-corrected chi connectivity index (χ3v) is 2.55. The van der Waals surface area contributed by atoms with Gasteiger partial charge in [-0.25, -0.2) is 9.78 Å². The Hall–Kier alpha value is -2.34. The summed E-state index contributed by atoms with van der Waals surface area (Å²) in [5.41, 5.74) is 13.3. The lowest BCUT2D eigenvalue weighted by atomic mass is 10.1. The number of carboxylic acids is 1. The van der Waals surface area contributed by atoms with E-state index in [0.29, 0.717) is 11.0 Å². The number of pyridine rings is 1. The van der Waals surface area contributed by atoms with E-state index in [1.807, 2.05) is 0 Å². The molecule has 0 amide bonds. The lowest BCUT2D eigenvalue weighted by molar-refractivity contribution is 0.0696. The maximum Gasteiger partial charge on any atom is 0.337 e. The average Bonchev–Trinajstić information content (AvgIpc) is 2.74. The van der Waals surface area contributed by atoms with Crippen molar-refractivity contribution in [2.24, 2.45) is 11.5 Å². The molecule has 88 valence electrons. The standard InChI is InChI=1S/C11H12N4O2/c12-2-7(3-13)9-5-15-10-8(9)1-6(4-14-10)11(16)17/h1-2,4-5H,3,12-13H2,(H,14,15)(H,16,17). The Labute approximate surface area is 96.9 Å². The molecule has 2 heterocycles. The molecule has 0 saturated carbocycles. The number of rotatable bonds is 3. The molecule has 2 rings (SSSR count). The SMILES string of the molecule is NC=C(CN)c1c[nH]c2ncc(C(=O)O)cc12. The minimum absolute atomic E-state index is 0.131. The summed E-state index contributed by atoms with van der Waals surface area (Å²) in [6.07, 6.45) is 4.43. The second-order valence-electron chi connectivity index (χ2n) is 3.52. The summed E-state index contributed by atoms with van der Waals surface area (Å²) < 4.78 is 0. The van der Waals surface area contributed by atoms with Crippen molar-refractivity contribution in [3.63, 3.8) is 0 Å². The third kappa shape index (κ3) is 1.85. The van der Waals surface area contributed by atoms with Crippen LogP contribution in [0, 0.1) is 0 Å². The summed E-state index contributed by atoms with van der Waals surface area (Å²) in [7, 11) is 0. The van der Waals surface area contributed by atoms with Crippen LogP contribution in [0.2, 0.25) is 0 Å². The van der Waals surface area contributed by atoms with Gasteiger partial charge in [0, 0.05) is 29.9 Å². The predicted molar refractivity (Wildman–Crippen MR) is 64.3 cm³/mol. The molecular formula is C11H12N4O2. The second kappa shape index (κ2) is 4.26. The van der Waals surface area contributed by atoms with Crippen molar-refractivity contribution in [3.8, 4) is 0 Å². The molecule has 2 aromatic heterocycles. The van der Waals surface area contributed by atoms with Crippen LogP contribution >= 0.6 is 0 Å². The smallest absolute Gasteiger partial charge is 0.337 e. The molecule has 0 radical (unpaired) electrons. The summed E-state index contributed by atoms with van der Waals surface area (Å²) in [4.78, 5) is 17.8. The highest BCUT2D eigenvalue weighted by Gasteiger charge is 2.11. The Morgan fingerprint density at radius 3 is 2.94 bits per heavy atom. The van der Waals surface area contributed by atoms with Crippen LogP contribution in [0.15, 0.2) is 24.7 Å². The largest absolute Gasteiger partial charge is 0.478 e. The maximum absolute atomic E-state index is 10.9. The van der Waals surface area contributed by atoms with Gasteiger partial charge in [-0.1, -0.05) is 0 Å². The zero-order valence-electron chi connectivity index (χ0n) is 8.97. The lowest BCUT2D eigenvalue weighted by Crippen LogP contribution is -2.04. The highest BCUT2D eigenvalue weighted by atomic mass is 16.4. The fraction of sp³-hybridized carbons (Fsp3) is 0.0909. The van der Waals surface area contributed by atoms with E-state index in [1.165, 1.54) is 12.4 Å². The molecule has 0 aromatic carbocycles. The first-order chi connectivity index (χ1) is 8.17. The number of nitrogens with two attached hydrogens (primary N) is 2. The van der Waals surface area contributed by atoms with Gasteiger partial charge in [0.1, 0.15) is 5.65 Å². The van der Waals surface area contributed by atoms with E-state index in [1.54, 1.807) is 12.3 Å². The van der Waals surface area contributed by atoms with Crippen LogP contribution < -0.4 is 11.5 Å². The topological polar surface area (TPSA) is 118 Å². The molecule has 6 N–H and O–H groups in total. The van der Waals surface area contributed by atoms with Gasteiger partial charge >= 0.3 is 5.97 Å². The zero-order valence-corrected chi connectivity index (χ0v) is 8.97. The van der Waals surface area contributed by atoms with Crippen molar-refractivity contribution >= 4 is 22.6 Å². The van der Waals surface area contributed by atoms with Crippen molar-refractivity contribution in [1.82, 2.24) is 9.97 Å². The van der Waals surface area contributed by atoms with Crippen LogP contribution in [0.5, 0.6) is 0 Å². The van der Waals surface area contributed by atoms with Crippen LogP contribution in [0.25, 0.3) is 16.6 Å². The van der Waals surface area contributed by atoms with Gasteiger partial charge in [-0.3, -0.25) is 0 Å². The quantitative estimate of drug-likeness (QED) is 0.615. The van der Waals surface area contributed by atoms with Gasteiger partial charge in [0.25, 0.3) is 0 Å². The van der Waals surface area contributed by atoms with Crippen LogP contribution in [0.3, 0.4) is 0 Å². The fourth-order valence-corrected chi connectivity index (χ4v) is 1.65. The third-order valence-electron chi connectivity index (χ3n) is 2.55. The maximum atomic E-state index is 10.9. The molecule has 0 fully saturated rings. The first-order valence-corrected chi connectivity index (χ1v) is 4.99. The number of nitrogens with one attached hydrogen (secondary N) is 1. The molecule has 0 aliphatic carbocycles. The molecule has 0 saturated heterocycles. The first kappa shape index (κ1) is 11.2. The van der Waals surface area contributed by atoms with E-state index in [9.17, 15) is 4.79 Å².